The Kier molecular flexibility index (Phi) is 4.40. The smallest absolute Gasteiger partial charge is 0.225 e. The first kappa shape index (κ1) is 12.8. The molecule has 1 amide bonds. The van der Waals surface area contributed by atoms with Crippen molar-refractivity contribution in [2.24, 2.45) is 17.6 Å². The summed E-state index contributed by atoms with van der Waals surface area (Å²) >= 11 is 0. The fraction of sp³-hybridized carbons (Fsp3) is 0.923. The number of ether oxygens (including phenoxy) is 1. The topological polar surface area (TPSA) is 55.6 Å². The van der Waals surface area contributed by atoms with Gasteiger partial charge in [-0.05, 0) is 31.6 Å². The second-order valence-corrected chi connectivity index (χ2v) is 5.44. The minimum Gasteiger partial charge on any atom is -0.380 e. The molecule has 1 aliphatic carbocycles. The van der Waals surface area contributed by atoms with Gasteiger partial charge in [0.05, 0.1) is 6.61 Å². The van der Waals surface area contributed by atoms with Gasteiger partial charge in [0.1, 0.15) is 0 Å². The molecule has 0 radical (unpaired) electrons. The van der Waals surface area contributed by atoms with Crippen LogP contribution in [0.2, 0.25) is 0 Å². The fourth-order valence-corrected chi connectivity index (χ4v) is 2.81. The third-order valence-corrected chi connectivity index (χ3v) is 4.14. The highest BCUT2D eigenvalue weighted by Gasteiger charge is 2.32. The maximum absolute atomic E-state index is 12.4. The molecule has 1 aliphatic heterocycles. The second kappa shape index (κ2) is 5.83. The van der Waals surface area contributed by atoms with Crippen LogP contribution < -0.4 is 5.73 Å². The first-order valence-corrected chi connectivity index (χ1v) is 6.80. The van der Waals surface area contributed by atoms with E-state index in [1.165, 1.54) is 0 Å². The van der Waals surface area contributed by atoms with Gasteiger partial charge in [0, 0.05) is 31.7 Å². The number of hydrogen-bond donors (Lipinski definition) is 1. The van der Waals surface area contributed by atoms with E-state index in [0.717, 1.165) is 45.4 Å². The maximum Gasteiger partial charge on any atom is 0.225 e. The Morgan fingerprint density at radius 3 is 2.88 bits per heavy atom. The van der Waals surface area contributed by atoms with Crippen LogP contribution >= 0.6 is 0 Å². The molecule has 17 heavy (non-hydrogen) atoms. The van der Waals surface area contributed by atoms with Crippen LogP contribution in [0.3, 0.4) is 0 Å². The van der Waals surface area contributed by atoms with Crippen molar-refractivity contribution >= 4 is 5.91 Å². The fourth-order valence-electron chi connectivity index (χ4n) is 2.81. The van der Waals surface area contributed by atoms with Crippen LogP contribution in [-0.4, -0.2) is 43.2 Å². The van der Waals surface area contributed by atoms with E-state index >= 15 is 0 Å². The molecule has 1 saturated heterocycles. The summed E-state index contributed by atoms with van der Waals surface area (Å²) in [6.07, 6.45) is 3.91. The van der Waals surface area contributed by atoms with Gasteiger partial charge in [-0.2, -0.15) is 0 Å². The summed E-state index contributed by atoms with van der Waals surface area (Å²) in [6.45, 7) is 5.25. The summed E-state index contributed by atoms with van der Waals surface area (Å²) < 4.78 is 5.38. The average Bonchev–Trinajstić information content (AvgIpc) is 2.60. The first-order valence-electron chi connectivity index (χ1n) is 6.80. The molecule has 0 aromatic rings. The van der Waals surface area contributed by atoms with Gasteiger partial charge in [0.2, 0.25) is 5.91 Å². The van der Waals surface area contributed by atoms with Crippen molar-refractivity contribution in [1.29, 1.82) is 0 Å². The number of nitrogens with zero attached hydrogens (tertiary/aromatic N) is 1. The molecule has 98 valence electrons. The molecule has 2 fully saturated rings. The Balaban J connectivity index is 1.90. The van der Waals surface area contributed by atoms with E-state index in [1.807, 2.05) is 4.90 Å². The van der Waals surface area contributed by atoms with E-state index in [4.69, 9.17) is 10.5 Å². The van der Waals surface area contributed by atoms with E-state index in [-0.39, 0.29) is 12.0 Å². The lowest BCUT2D eigenvalue weighted by atomic mass is 9.79. The summed E-state index contributed by atoms with van der Waals surface area (Å²) in [4.78, 5) is 14.3. The van der Waals surface area contributed by atoms with Gasteiger partial charge in [0.25, 0.3) is 0 Å². The predicted octanol–water partition coefficient (Wildman–Crippen LogP) is 0.999. The van der Waals surface area contributed by atoms with Crippen LogP contribution in [0.25, 0.3) is 0 Å². The lowest BCUT2D eigenvalue weighted by Crippen LogP contribution is -2.44. The minimum atomic E-state index is 0.152. The number of nitrogens with two attached hydrogens (primary N) is 1. The zero-order valence-corrected chi connectivity index (χ0v) is 10.7. The summed E-state index contributed by atoms with van der Waals surface area (Å²) in [7, 11) is 0. The van der Waals surface area contributed by atoms with Gasteiger partial charge >= 0.3 is 0 Å². The van der Waals surface area contributed by atoms with Crippen LogP contribution in [0.4, 0.5) is 0 Å². The van der Waals surface area contributed by atoms with Gasteiger partial charge in [-0.15, -0.1) is 0 Å². The number of hydrogen-bond acceptors (Lipinski definition) is 3. The Morgan fingerprint density at radius 2 is 2.12 bits per heavy atom. The summed E-state index contributed by atoms with van der Waals surface area (Å²) in [5, 5.41) is 0. The third-order valence-electron chi connectivity index (χ3n) is 4.14. The largest absolute Gasteiger partial charge is 0.380 e. The lowest BCUT2D eigenvalue weighted by molar-refractivity contribution is -0.137. The number of carbonyl (C=O) groups excluding carboxylic acids is 1. The van der Waals surface area contributed by atoms with Gasteiger partial charge in [-0.25, -0.2) is 0 Å². The normalized spacial score (nSPS) is 35.4. The summed E-state index contributed by atoms with van der Waals surface area (Å²) in [5.74, 6) is 1.02. The van der Waals surface area contributed by atoms with Crippen LogP contribution in [-0.2, 0) is 9.53 Å². The molecule has 2 aliphatic rings. The molecule has 3 atom stereocenters. The zero-order chi connectivity index (χ0) is 12.3. The molecular weight excluding hydrogens is 216 g/mol. The SMILES string of the molecule is CC1CCC(C(=O)N2CCCOCC2)CC1N. The maximum atomic E-state index is 12.4. The molecule has 2 rings (SSSR count). The van der Waals surface area contributed by atoms with Crippen LogP contribution in [0.15, 0.2) is 0 Å². The van der Waals surface area contributed by atoms with Gasteiger partial charge < -0.3 is 15.4 Å². The molecule has 4 heteroatoms. The first-order chi connectivity index (χ1) is 8.18. The third kappa shape index (κ3) is 3.19. The lowest BCUT2D eigenvalue weighted by Gasteiger charge is -2.34. The van der Waals surface area contributed by atoms with E-state index in [0.29, 0.717) is 18.4 Å². The Hall–Kier alpha value is -0.610. The molecule has 0 spiro atoms. The average molecular weight is 240 g/mol. The van der Waals surface area contributed by atoms with E-state index in [9.17, 15) is 4.79 Å². The Bertz CT molecular complexity index is 262. The zero-order valence-electron chi connectivity index (χ0n) is 10.7. The van der Waals surface area contributed by atoms with Crippen molar-refractivity contribution in [1.82, 2.24) is 4.90 Å². The monoisotopic (exact) mass is 240 g/mol. The molecule has 1 heterocycles. The van der Waals surface area contributed by atoms with Crippen molar-refractivity contribution in [3.8, 4) is 0 Å². The van der Waals surface area contributed by atoms with Gasteiger partial charge in [-0.1, -0.05) is 6.92 Å². The number of carbonyl (C=O) groups is 1. The summed E-state index contributed by atoms with van der Waals surface area (Å²) in [6, 6.07) is 0.195. The highest BCUT2D eigenvalue weighted by Crippen LogP contribution is 2.29. The second-order valence-electron chi connectivity index (χ2n) is 5.44. The van der Waals surface area contributed by atoms with Crippen molar-refractivity contribution in [3.05, 3.63) is 0 Å². The van der Waals surface area contributed by atoms with E-state index < -0.39 is 0 Å². The quantitative estimate of drug-likeness (QED) is 0.744. The number of rotatable bonds is 1. The van der Waals surface area contributed by atoms with Gasteiger partial charge in [0.15, 0.2) is 0 Å². The molecule has 0 aromatic heterocycles. The minimum absolute atomic E-state index is 0.152. The van der Waals surface area contributed by atoms with Crippen LogP contribution in [0.1, 0.15) is 32.6 Å². The van der Waals surface area contributed by atoms with Crippen molar-refractivity contribution in [2.45, 2.75) is 38.6 Å². The highest BCUT2D eigenvalue weighted by atomic mass is 16.5. The standard InChI is InChI=1S/C13H24N2O2/c1-10-3-4-11(9-12(10)14)13(16)15-5-2-7-17-8-6-15/h10-12H,2-9,14H2,1H3. The molecule has 1 saturated carbocycles. The molecule has 0 aromatic carbocycles. The van der Waals surface area contributed by atoms with Crippen molar-refractivity contribution in [2.75, 3.05) is 26.3 Å². The van der Waals surface area contributed by atoms with Crippen molar-refractivity contribution < 1.29 is 9.53 Å². The molecule has 4 nitrogen and oxygen atoms in total. The molecule has 0 bridgehead atoms. The van der Waals surface area contributed by atoms with Crippen LogP contribution in [0.5, 0.6) is 0 Å². The summed E-state index contributed by atoms with van der Waals surface area (Å²) in [5.41, 5.74) is 6.07. The van der Waals surface area contributed by atoms with Crippen molar-refractivity contribution in [3.63, 3.8) is 0 Å². The predicted molar refractivity (Wildman–Crippen MR) is 66.5 cm³/mol. The Morgan fingerprint density at radius 1 is 1.29 bits per heavy atom. The highest BCUT2D eigenvalue weighted by molar-refractivity contribution is 5.79. The van der Waals surface area contributed by atoms with E-state index in [1.54, 1.807) is 0 Å². The Labute approximate surface area is 103 Å². The molecule has 2 N–H and O–H groups in total. The van der Waals surface area contributed by atoms with Gasteiger partial charge in [-0.3, -0.25) is 4.79 Å². The van der Waals surface area contributed by atoms with E-state index in [2.05, 4.69) is 6.92 Å². The molecular formula is C13H24N2O2. The molecule has 3 unspecified atom stereocenters. The number of amides is 1. The van der Waals surface area contributed by atoms with Crippen LogP contribution in [0, 0.1) is 11.8 Å².